The summed E-state index contributed by atoms with van der Waals surface area (Å²) in [6.45, 7) is 3.73. The number of nitrogens with zero attached hydrogens (tertiary/aromatic N) is 7. The van der Waals surface area contributed by atoms with Crippen molar-refractivity contribution in [3.05, 3.63) is 35.5 Å². The first-order valence-corrected chi connectivity index (χ1v) is 9.40. The molecule has 0 radical (unpaired) electrons. The maximum absolute atomic E-state index is 13.7. The van der Waals surface area contributed by atoms with Gasteiger partial charge in [-0.2, -0.15) is 8.78 Å². The monoisotopic (exact) mass is 405 g/mol. The molecule has 0 aliphatic carbocycles. The van der Waals surface area contributed by atoms with E-state index >= 15 is 0 Å². The van der Waals surface area contributed by atoms with E-state index in [4.69, 9.17) is 16.7 Å². The summed E-state index contributed by atoms with van der Waals surface area (Å²) in [5, 5.41) is 5.84. The number of alkyl halides is 2. The number of fused-ring (bicyclic) bond motifs is 2. The Hall–Kier alpha value is -2.39. The molecule has 2 atom stereocenters. The van der Waals surface area contributed by atoms with Crippen LogP contribution in [0.5, 0.6) is 0 Å². The molecule has 10 heteroatoms. The van der Waals surface area contributed by atoms with E-state index in [1.807, 2.05) is 0 Å². The Balaban J connectivity index is 1.63. The quantitative estimate of drug-likeness (QED) is 0.624. The Morgan fingerprint density at radius 3 is 2.79 bits per heavy atom. The molecule has 2 aliphatic rings. The molecule has 7 nitrogen and oxygen atoms in total. The van der Waals surface area contributed by atoms with Gasteiger partial charge in [-0.1, -0.05) is 11.6 Å². The fourth-order valence-corrected chi connectivity index (χ4v) is 4.28. The molecule has 5 heterocycles. The van der Waals surface area contributed by atoms with Gasteiger partial charge in [-0.3, -0.25) is 0 Å². The Labute approximate surface area is 164 Å². The van der Waals surface area contributed by atoms with Gasteiger partial charge in [0.15, 0.2) is 11.6 Å². The number of pyridine rings is 1. The lowest BCUT2D eigenvalue weighted by atomic mass is 9.92. The van der Waals surface area contributed by atoms with Crippen molar-refractivity contribution < 1.29 is 8.78 Å². The van der Waals surface area contributed by atoms with Gasteiger partial charge in [0.1, 0.15) is 5.15 Å². The van der Waals surface area contributed by atoms with Crippen LogP contribution in [0.3, 0.4) is 0 Å². The highest BCUT2D eigenvalue weighted by molar-refractivity contribution is 6.30. The van der Waals surface area contributed by atoms with Crippen LogP contribution in [-0.4, -0.2) is 62.4 Å². The Kier molecular flexibility index (Phi) is 3.82. The SMILES string of the molecule is CN1CC2CN(c3nn(-c4ccnc(C(C)(F)F)n4)c4cc(Cl)ncc34)C2C1. The van der Waals surface area contributed by atoms with Crippen LogP contribution in [0, 0.1) is 5.92 Å². The van der Waals surface area contributed by atoms with Crippen LogP contribution in [0.4, 0.5) is 14.6 Å². The summed E-state index contributed by atoms with van der Waals surface area (Å²) in [5.41, 5.74) is 0.675. The first-order chi connectivity index (χ1) is 13.3. The van der Waals surface area contributed by atoms with Crippen molar-refractivity contribution in [1.82, 2.24) is 29.6 Å². The molecule has 0 saturated carbocycles. The largest absolute Gasteiger partial charge is 0.349 e. The van der Waals surface area contributed by atoms with E-state index in [0.717, 1.165) is 37.8 Å². The fourth-order valence-electron chi connectivity index (χ4n) is 4.13. The van der Waals surface area contributed by atoms with Crippen molar-refractivity contribution >= 4 is 28.3 Å². The van der Waals surface area contributed by atoms with Crippen LogP contribution >= 0.6 is 11.6 Å². The molecule has 28 heavy (non-hydrogen) atoms. The lowest BCUT2D eigenvalue weighted by molar-refractivity contribution is 0.00763. The van der Waals surface area contributed by atoms with Gasteiger partial charge in [-0.25, -0.2) is 19.6 Å². The topological polar surface area (TPSA) is 63.0 Å². The number of likely N-dealkylation sites (N-methyl/N-ethyl adjacent to an activating group) is 1. The van der Waals surface area contributed by atoms with Crippen molar-refractivity contribution in [2.45, 2.75) is 18.9 Å². The third-order valence-electron chi connectivity index (χ3n) is 5.46. The van der Waals surface area contributed by atoms with E-state index in [1.54, 1.807) is 23.0 Å². The van der Waals surface area contributed by atoms with Crippen molar-refractivity contribution in [3.63, 3.8) is 0 Å². The summed E-state index contributed by atoms with van der Waals surface area (Å²) >= 11 is 6.10. The van der Waals surface area contributed by atoms with E-state index in [0.29, 0.717) is 22.6 Å². The molecule has 0 bridgehead atoms. The second-order valence-corrected chi connectivity index (χ2v) is 7.97. The lowest BCUT2D eigenvalue weighted by Gasteiger charge is -2.44. The summed E-state index contributed by atoms with van der Waals surface area (Å²) in [5.74, 6) is -2.02. The highest BCUT2D eigenvalue weighted by Crippen LogP contribution is 2.39. The average molecular weight is 406 g/mol. The maximum Gasteiger partial charge on any atom is 0.303 e. The van der Waals surface area contributed by atoms with Gasteiger partial charge in [-0.15, -0.1) is 5.10 Å². The van der Waals surface area contributed by atoms with Crippen molar-refractivity contribution in [2.75, 3.05) is 31.6 Å². The second-order valence-electron chi connectivity index (χ2n) is 7.59. The molecule has 2 fully saturated rings. The predicted octanol–water partition coefficient (Wildman–Crippen LogP) is 2.73. The minimum absolute atomic E-state index is 0.269. The zero-order valence-corrected chi connectivity index (χ0v) is 16.1. The Morgan fingerprint density at radius 2 is 2.04 bits per heavy atom. The van der Waals surface area contributed by atoms with Crippen LogP contribution in [0.15, 0.2) is 24.5 Å². The normalized spacial score (nSPS) is 22.5. The Bertz CT molecular complexity index is 1060. The molecule has 146 valence electrons. The maximum atomic E-state index is 13.7. The average Bonchev–Trinajstić information content (AvgIpc) is 3.14. The Morgan fingerprint density at radius 1 is 1.21 bits per heavy atom. The molecule has 0 N–H and O–H groups in total. The molecule has 3 aromatic rings. The first kappa shape index (κ1) is 17.7. The van der Waals surface area contributed by atoms with Gasteiger partial charge < -0.3 is 9.80 Å². The van der Waals surface area contributed by atoms with Gasteiger partial charge in [0.25, 0.3) is 0 Å². The van der Waals surface area contributed by atoms with E-state index in [1.165, 1.54) is 6.20 Å². The van der Waals surface area contributed by atoms with Crippen molar-refractivity contribution in [3.8, 4) is 5.82 Å². The van der Waals surface area contributed by atoms with E-state index in [-0.39, 0.29) is 5.82 Å². The molecule has 2 unspecified atom stereocenters. The van der Waals surface area contributed by atoms with E-state index < -0.39 is 11.7 Å². The minimum atomic E-state index is -3.14. The lowest BCUT2D eigenvalue weighted by Crippen LogP contribution is -2.56. The molecule has 0 amide bonds. The number of likely N-dealkylation sites (tertiary alicyclic amines) is 1. The zero-order valence-electron chi connectivity index (χ0n) is 15.3. The van der Waals surface area contributed by atoms with Crippen molar-refractivity contribution in [2.24, 2.45) is 5.92 Å². The van der Waals surface area contributed by atoms with Crippen LogP contribution in [0.1, 0.15) is 12.7 Å². The van der Waals surface area contributed by atoms with E-state index in [2.05, 4.69) is 31.8 Å². The van der Waals surface area contributed by atoms with E-state index in [9.17, 15) is 8.78 Å². The van der Waals surface area contributed by atoms with Gasteiger partial charge >= 0.3 is 5.92 Å². The molecule has 2 aliphatic heterocycles. The van der Waals surface area contributed by atoms with Gasteiger partial charge in [0.2, 0.25) is 5.82 Å². The number of anilines is 1. The standard InChI is InChI=1S/C18H18ClF2N7/c1-18(20,21)17-22-4-3-15(24-17)28-12-5-14(19)23-6-11(12)16(25-28)27-8-10-7-26(2)9-13(10)27/h3-6,10,13H,7-9H2,1-2H3. The van der Waals surface area contributed by atoms with Crippen LogP contribution in [-0.2, 0) is 5.92 Å². The number of hydrogen-bond donors (Lipinski definition) is 0. The fraction of sp³-hybridized carbons (Fsp3) is 0.444. The highest BCUT2D eigenvalue weighted by atomic mass is 35.5. The summed E-state index contributed by atoms with van der Waals surface area (Å²) < 4.78 is 29.0. The zero-order chi connectivity index (χ0) is 19.6. The van der Waals surface area contributed by atoms with Crippen LogP contribution in [0.2, 0.25) is 5.15 Å². The number of hydrogen-bond acceptors (Lipinski definition) is 6. The van der Waals surface area contributed by atoms with Gasteiger partial charge in [0, 0.05) is 63.0 Å². The molecular formula is C18H18ClF2N7. The predicted molar refractivity (Wildman–Crippen MR) is 101 cm³/mol. The summed E-state index contributed by atoms with van der Waals surface area (Å²) in [7, 11) is 2.11. The molecular weight excluding hydrogens is 388 g/mol. The van der Waals surface area contributed by atoms with Crippen molar-refractivity contribution in [1.29, 1.82) is 0 Å². The minimum Gasteiger partial charge on any atom is -0.349 e. The third kappa shape index (κ3) is 2.72. The highest BCUT2D eigenvalue weighted by Gasteiger charge is 2.46. The molecule has 0 aromatic carbocycles. The van der Waals surface area contributed by atoms with Crippen LogP contribution < -0.4 is 4.90 Å². The smallest absolute Gasteiger partial charge is 0.303 e. The molecule has 5 rings (SSSR count). The summed E-state index contributed by atoms with van der Waals surface area (Å²) in [6, 6.07) is 3.63. The number of aromatic nitrogens is 5. The summed E-state index contributed by atoms with van der Waals surface area (Å²) in [6.07, 6.45) is 3.00. The molecule has 2 saturated heterocycles. The second kappa shape index (κ2) is 6.05. The van der Waals surface area contributed by atoms with Gasteiger partial charge in [0.05, 0.1) is 10.9 Å². The van der Waals surface area contributed by atoms with Crippen LogP contribution in [0.25, 0.3) is 16.7 Å². The molecule has 3 aromatic heterocycles. The third-order valence-corrected chi connectivity index (χ3v) is 5.66. The van der Waals surface area contributed by atoms with Gasteiger partial charge in [-0.05, 0) is 7.05 Å². The molecule has 0 spiro atoms. The first-order valence-electron chi connectivity index (χ1n) is 9.02. The number of rotatable bonds is 3. The summed E-state index contributed by atoms with van der Waals surface area (Å²) in [4.78, 5) is 16.5. The number of halogens is 3.